The number of aliphatic hydroxyl groups is 1. The van der Waals surface area contributed by atoms with Gasteiger partial charge in [0.25, 0.3) is 5.17 Å². The first-order valence-corrected chi connectivity index (χ1v) is 7.94. The van der Waals surface area contributed by atoms with Gasteiger partial charge in [0.2, 0.25) is 5.91 Å². The molecule has 1 N–H and O–H groups in total. The van der Waals surface area contributed by atoms with Gasteiger partial charge in [0.15, 0.2) is 0 Å². The second kappa shape index (κ2) is 8.04. The molecule has 23 heavy (non-hydrogen) atoms. The molecule has 1 amide bonds. The highest BCUT2D eigenvalue weighted by Crippen LogP contribution is 2.23. The zero-order valence-electron chi connectivity index (χ0n) is 12.9. The van der Waals surface area contributed by atoms with Crippen molar-refractivity contribution in [2.45, 2.75) is 25.0 Å². The smallest absolute Gasteiger partial charge is 0.266 e. The fourth-order valence-electron chi connectivity index (χ4n) is 2.67. The van der Waals surface area contributed by atoms with Gasteiger partial charge in [-0.25, -0.2) is 0 Å². The Hall–Kier alpha value is -1.98. The van der Waals surface area contributed by atoms with Crippen LogP contribution in [0.1, 0.15) is 12.0 Å². The normalized spacial score (nSPS) is 19.8. The van der Waals surface area contributed by atoms with Crippen molar-refractivity contribution in [1.82, 2.24) is 4.90 Å². The van der Waals surface area contributed by atoms with E-state index in [1.54, 1.807) is 6.08 Å². The molecule has 0 spiro atoms. The van der Waals surface area contributed by atoms with E-state index in [9.17, 15) is 9.90 Å². The van der Waals surface area contributed by atoms with Crippen LogP contribution in [0.4, 0.5) is 0 Å². The van der Waals surface area contributed by atoms with Crippen LogP contribution in [0.3, 0.4) is 0 Å². The second-order valence-electron chi connectivity index (χ2n) is 5.48. The summed E-state index contributed by atoms with van der Waals surface area (Å²) in [5.41, 5.74) is 1.10. The lowest BCUT2D eigenvalue weighted by atomic mass is 9.97. The van der Waals surface area contributed by atoms with Crippen LogP contribution in [0.5, 0.6) is 0 Å². The molecule has 0 aromatic heterocycles. The highest BCUT2D eigenvalue weighted by molar-refractivity contribution is 7.80. The Morgan fingerprint density at radius 3 is 2.74 bits per heavy atom. The summed E-state index contributed by atoms with van der Waals surface area (Å²) in [6.45, 7) is 7.62. The summed E-state index contributed by atoms with van der Waals surface area (Å²) in [7, 11) is 0. The van der Waals surface area contributed by atoms with Gasteiger partial charge in [-0.3, -0.25) is 9.69 Å². The second-order valence-corrected chi connectivity index (χ2v) is 5.83. The van der Waals surface area contributed by atoms with Gasteiger partial charge >= 0.3 is 0 Å². The monoisotopic (exact) mass is 331 g/mol. The highest BCUT2D eigenvalue weighted by atomic mass is 32.1. The Kier molecular flexibility index (Phi) is 6.07. The van der Waals surface area contributed by atoms with Crippen molar-refractivity contribution in [2.75, 3.05) is 6.61 Å². The fraction of sp³-hybridized carbons (Fsp3) is 0.333. The van der Waals surface area contributed by atoms with Crippen LogP contribution in [0.15, 0.2) is 55.6 Å². The number of carbonyl (C=O) groups is 1. The van der Waals surface area contributed by atoms with Gasteiger partial charge in [-0.15, -0.1) is 13.2 Å². The van der Waals surface area contributed by atoms with Gasteiger partial charge in [-0.05, 0) is 30.6 Å². The van der Waals surface area contributed by atoms with E-state index in [0.717, 1.165) is 5.56 Å². The largest absolute Gasteiger partial charge is 0.468 e. The molecule has 2 rings (SSSR count). The lowest BCUT2D eigenvalue weighted by Gasteiger charge is -2.26. The third-order valence-electron chi connectivity index (χ3n) is 3.87. The van der Waals surface area contributed by atoms with Crippen LogP contribution in [-0.2, 0) is 16.0 Å². The lowest BCUT2D eigenvalue weighted by molar-refractivity contribution is -0.134. The van der Waals surface area contributed by atoms with E-state index in [1.165, 1.54) is 11.0 Å². The van der Waals surface area contributed by atoms with E-state index < -0.39 is 12.0 Å². The minimum atomic E-state index is -0.863. The molecule has 0 aliphatic carbocycles. The Bertz CT molecular complexity index is 587. The van der Waals surface area contributed by atoms with Crippen molar-refractivity contribution < 1.29 is 14.6 Å². The van der Waals surface area contributed by atoms with Crippen molar-refractivity contribution in [3.8, 4) is 0 Å². The van der Waals surface area contributed by atoms with Crippen molar-refractivity contribution >= 4 is 23.3 Å². The van der Waals surface area contributed by atoms with Gasteiger partial charge in [0, 0.05) is 0 Å². The summed E-state index contributed by atoms with van der Waals surface area (Å²) < 4.78 is 5.41. The zero-order valence-corrected chi connectivity index (χ0v) is 13.7. The van der Waals surface area contributed by atoms with E-state index in [0.29, 0.717) is 19.4 Å². The number of hydrogen-bond acceptors (Lipinski definition) is 4. The standard InChI is InChI=1S/C18H21NO3S/c1-3-8-16(20)15(4-2)17(21)19-14(12-22-18(19)23)11-13-9-6-5-7-10-13/h3-7,9-10,14-16,20H,1-2,8,11-12H2/t14-,15?,16-/m1/s1. The molecule has 1 aromatic carbocycles. The number of rotatable bonds is 7. The number of hydrogen-bond donors (Lipinski definition) is 1. The Morgan fingerprint density at radius 1 is 1.43 bits per heavy atom. The van der Waals surface area contributed by atoms with Gasteiger partial charge in [0.05, 0.1) is 18.1 Å². The van der Waals surface area contributed by atoms with E-state index >= 15 is 0 Å². The number of ether oxygens (including phenoxy) is 1. The average molecular weight is 331 g/mol. The summed E-state index contributed by atoms with van der Waals surface area (Å²) in [4.78, 5) is 14.3. The molecule has 5 heteroatoms. The lowest BCUT2D eigenvalue weighted by Crippen LogP contribution is -2.45. The van der Waals surface area contributed by atoms with Crippen LogP contribution in [0.25, 0.3) is 0 Å². The van der Waals surface area contributed by atoms with Gasteiger partial charge in [-0.1, -0.05) is 42.5 Å². The topological polar surface area (TPSA) is 49.8 Å². The maximum Gasteiger partial charge on any atom is 0.266 e. The molecule has 0 saturated carbocycles. The molecule has 1 aliphatic heterocycles. The fourth-order valence-corrected chi connectivity index (χ4v) is 2.97. The predicted octanol–water partition coefficient (Wildman–Crippen LogP) is 2.48. The number of nitrogens with zero attached hydrogens (tertiary/aromatic N) is 1. The summed E-state index contributed by atoms with van der Waals surface area (Å²) in [6, 6.07) is 9.69. The van der Waals surface area contributed by atoms with E-state index in [-0.39, 0.29) is 17.1 Å². The van der Waals surface area contributed by atoms with Gasteiger partial charge in [-0.2, -0.15) is 0 Å². The molecule has 1 fully saturated rings. The quantitative estimate of drug-likeness (QED) is 0.616. The summed E-state index contributed by atoms with van der Waals surface area (Å²) in [5, 5.41) is 10.3. The summed E-state index contributed by atoms with van der Waals surface area (Å²) in [5.74, 6) is -1.01. The molecule has 1 heterocycles. The Morgan fingerprint density at radius 2 is 2.13 bits per heavy atom. The van der Waals surface area contributed by atoms with E-state index in [4.69, 9.17) is 17.0 Å². The third-order valence-corrected chi connectivity index (χ3v) is 4.19. The Balaban J connectivity index is 2.16. The molecule has 3 atom stereocenters. The van der Waals surface area contributed by atoms with Crippen LogP contribution in [0.2, 0.25) is 0 Å². The van der Waals surface area contributed by atoms with Crippen LogP contribution in [-0.4, -0.2) is 39.8 Å². The van der Waals surface area contributed by atoms with Gasteiger partial charge in [0.1, 0.15) is 6.61 Å². The van der Waals surface area contributed by atoms with Crippen molar-refractivity contribution in [1.29, 1.82) is 0 Å². The molecule has 0 radical (unpaired) electrons. The van der Waals surface area contributed by atoms with E-state index in [2.05, 4.69) is 13.2 Å². The molecule has 122 valence electrons. The minimum Gasteiger partial charge on any atom is -0.468 e. The molecule has 1 aliphatic rings. The first kappa shape index (κ1) is 17.4. The van der Waals surface area contributed by atoms with Gasteiger partial charge < -0.3 is 9.84 Å². The molecule has 0 bridgehead atoms. The highest BCUT2D eigenvalue weighted by Gasteiger charge is 2.39. The zero-order chi connectivity index (χ0) is 16.8. The molecule has 1 unspecified atom stereocenters. The minimum absolute atomic E-state index is 0.161. The number of thiocarbonyl (C=S) groups is 1. The SMILES string of the molecule is C=CC[C@@H](O)C(C=C)C(=O)N1C(=S)OC[C@H]1Cc1ccccc1. The maximum absolute atomic E-state index is 12.8. The van der Waals surface area contributed by atoms with Crippen LogP contribution in [0, 0.1) is 5.92 Å². The van der Waals surface area contributed by atoms with Crippen LogP contribution < -0.4 is 0 Å². The average Bonchev–Trinajstić information content (AvgIpc) is 2.89. The summed E-state index contributed by atoms with van der Waals surface area (Å²) in [6.07, 6.45) is 3.13. The number of carbonyl (C=O) groups excluding carboxylic acids is 1. The third kappa shape index (κ3) is 4.06. The molecular formula is C18H21NO3S. The van der Waals surface area contributed by atoms with Crippen LogP contribution >= 0.6 is 12.2 Å². The van der Waals surface area contributed by atoms with Crippen molar-refractivity contribution in [3.63, 3.8) is 0 Å². The molecule has 4 nitrogen and oxygen atoms in total. The van der Waals surface area contributed by atoms with Crippen molar-refractivity contribution in [3.05, 3.63) is 61.2 Å². The molecule has 1 saturated heterocycles. The maximum atomic E-state index is 12.8. The first-order chi connectivity index (χ1) is 11.1. The van der Waals surface area contributed by atoms with Crippen molar-refractivity contribution in [2.24, 2.45) is 5.92 Å². The molecule has 1 aromatic rings. The summed E-state index contributed by atoms with van der Waals surface area (Å²) >= 11 is 5.18. The molecular weight excluding hydrogens is 310 g/mol. The predicted molar refractivity (Wildman–Crippen MR) is 93.8 cm³/mol. The number of amides is 1. The number of benzene rings is 1. The number of aliphatic hydroxyl groups excluding tert-OH is 1. The Labute approximate surface area is 142 Å². The van der Waals surface area contributed by atoms with E-state index in [1.807, 2.05) is 30.3 Å². The first-order valence-electron chi connectivity index (χ1n) is 7.53.